The number of rotatable bonds is 4. The van der Waals surface area contributed by atoms with Gasteiger partial charge < -0.3 is 4.90 Å². The molecule has 1 aromatic heterocycles. The van der Waals surface area contributed by atoms with Crippen molar-refractivity contribution in [1.29, 1.82) is 0 Å². The van der Waals surface area contributed by atoms with Crippen LogP contribution in [0.4, 0.5) is 17.1 Å². The molecular formula is C43H31NS. The summed E-state index contributed by atoms with van der Waals surface area (Å²) in [5, 5.41) is 5.30. The fourth-order valence-electron chi connectivity index (χ4n) is 7.51. The van der Waals surface area contributed by atoms with E-state index in [9.17, 15) is 0 Å². The Morgan fingerprint density at radius 2 is 1.20 bits per heavy atom. The number of fused-ring (bicyclic) bond motifs is 8. The lowest BCUT2D eigenvalue weighted by atomic mass is 9.82. The highest BCUT2D eigenvalue weighted by atomic mass is 32.1. The van der Waals surface area contributed by atoms with Gasteiger partial charge in [0.05, 0.1) is 5.69 Å². The predicted molar refractivity (Wildman–Crippen MR) is 195 cm³/mol. The van der Waals surface area contributed by atoms with Crippen molar-refractivity contribution in [2.75, 3.05) is 4.90 Å². The molecule has 0 atom stereocenters. The molecule has 1 heterocycles. The molecule has 1 nitrogen and oxygen atoms in total. The van der Waals surface area contributed by atoms with Gasteiger partial charge >= 0.3 is 0 Å². The summed E-state index contributed by atoms with van der Waals surface area (Å²) in [6, 6.07) is 55.7. The lowest BCUT2D eigenvalue weighted by molar-refractivity contribution is 0.660. The van der Waals surface area contributed by atoms with Crippen LogP contribution in [0, 0.1) is 0 Å². The van der Waals surface area contributed by atoms with Crippen LogP contribution in [0.5, 0.6) is 0 Å². The fourth-order valence-corrected chi connectivity index (χ4v) is 8.77. The molecule has 0 fully saturated rings. The lowest BCUT2D eigenvalue weighted by Gasteiger charge is -2.29. The smallest absolute Gasteiger partial charge is 0.0543 e. The van der Waals surface area contributed by atoms with Crippen molar-refractivity contribution >= 4 is 59.3 Å². The molecule has 45 heavy (non-hydrogen) atoms. The Hall–Kier alpha value is -5.18. The maximum absolute atomic E-state index is 2.42. The molecule has 0 spiro atoms. The maximum Gasteiger partial charge on any atom is 0.0543 e. The molecule has 0 bridgehead atoms. The van der Waals surface area contributed by atoms with Gasteiger partial charge in [0.2, 0.25) is 0 Å². The Morgan fingerprint density at radius 3 is 2.07 bits per heavy atom. The summed E-state index contributed by atoms with van der Waals surface area (Å²) < 4.78 is 2.69. The third kappa shape index (κ3) is 3.92. The van der Waals surface area contributed by atoms with E-state index in [0.717, 1.165) is 11.4 Å². The molecule has 0 amide bonds. The highest BCUT2D eigenvalue weighted by Crippen LogP contribution is 2.54. The summed E-state index contributed by atoms with van der Waals surface area (Å²) in [5.74, 6) is 0. The number of para-hydroxylation sites is 1. The van der Waals surface area contributed by atoms with E-state index in [2.05, 4.69) is 170 Å². The quantitative estimate of drug-likeness (QED) is 0.196. The summed E-state index contributed by atoms with van der Waals surface area (Å²) in [7, 11) is 0. The first kappa shape index (κ1) is 26.2. The van der Waals surface area contributed by atoms with Crippen molar-refractivity contribution in [2.24, 2.45) is 0 Å². The summed E-state index contributed by atoms with van der Waals surface area (Å²) in [6.07, 6.45) is 0. The van der Waals surface area contributed by atoms with E-state index in [4.69, 9.17) is 0 Å². The summed E-state index contributed by atoms with van der Waals surface area (Å²) >= 11 is 1.90. The van der Waals surface area contributed by atoms with Crippen LogP contribution in [0.2, 0.25) is 0 Å². The van der Waals surface area contributed by atoms with E-state index >= 15 is 0 Å². The van der Waals surface area contributed by atoms with E-state index in [-0.39, 0.29) is 5.41 Å². The fraction of sp³-hybridized carbons (Fsp3) is 0.0698. The Balaban J connectivity index is 1.21. The van der Waals surface area contributed by atoms with Gasteiger partial charge in [0.15, 0.2) is 0 Å². The standard InChI is InChI=1S/C43H31NS/c1-43(2)36-18-9-8-16-34(36)41-37(43)19-11-20-38(41)44(30-13-4-3-5-14-30)31-25-22-29(23-26-31)32-17-10-21-39-40(32)35-27-24-28-12-6-7-15-33(28)42(35)45-39/h3-27H,1-2H3. The maximum atomic E-state index is 2.42. The number of hydrogen-bond acceptors (Lipinski definition) is 2. The van der Waals surface area contributed by atoms with Gasteiger partial charge in [-0.3, -0.25) is 0 Å². The second-order valence-corrected chi connectivity index (χ2v) is 13.6. The van der Waals surface area contributed by atoms with Crippen LogP contribution in [-0.4, -0.2) is 0 Å². The number of hydrogen-bond donors (Lipinski definition) is 0. The molecule has 1 aliphatic rings. The minimum absolute atomic E-state index is 0.0541. The molecule has 0 unspecified atom stereocenters. The van der Waals surface area contributed by atoms with Gasteiger partial charge in [0.1, 0.15) is 0 Å². The largest absolute Gasteiger partial charge is 0.310 e. The third-order valence-corrected chi connectivity index (χ3v) is 10.9. The van der Waals surface area contributed by atoms with Gasteiger partial charge in [-0.05, 0) is 75.0 Å². The minimum atomic E-state index is -0.0541. The highest BCUT2D eigenvalue weighted by Gasteiger charge is 2.37. The predicted octanol–water partition coefficient (Wildman–Crippen LogP) is 12.7. The van der Waals surface area contributed by atoms with Gasteiger partial charge in [-0.1, -0.05) is 129 Å². The van der Waals surface area contributed by atoms with Crippen molar-refractivity contribution in [2.45, 2.75) is 19.3 Å². The van der Waals surface area contributed by atoms with Crippen molar-refractivity contribution in [3.63, 3.8) is 0 Å². The molecule has 9 rings (SSSR count). The molecule has 0 aliphatic heterocycles. The van der Waals surface area contributed by atoms with Gasteiger partial charge in [-0.25, -0.2) is 0 Å². The van der Waals surface area contributed by atoms with Crippen LogP contribution in [0.1, 0.15) is 25.0 Å². The van der Waals surface area contributed by atoms with E-state index in [1.807, 2.05) is 11.3 Å². The van der Waals surface area contributed by atoms with E-state index < -0.39 is 0 Å². The third-order valence-electron chi connectivity index (χ3n) is 9.66. The minimum Gasteiger partial charge on any atom is -0.310 e. The first-order valence-electron chi connectivity index (χ1n) is 15.6. The second-order valence-electron chi connectivity index (χ2n) is 12.5. The molecule has 2 heteroatoms. The zero-order valence-electron chi connectivity index (χ0n) is 25.3. The van der Waals surface area contributed by atoms with Gasteiger partial charge in [0.25, 0.3) is 0 Å². The normalized spacial score (nSPS) is 13.3. The zero-order chi connectivity index (χ0) is 30.1. The summed E-state index contributed by atoms with van der Waals surface area (Å²) in [5.41, 5.74) is 11.4. The van der Waals surface area contributed by atoms with Crippen LogP contribution in [0.25, 0.3) is 53.2 Å². The lowest BCUT2D eigenvalue weighted by Crippen LogP contribution is -2.16. The van der Waals surface area contributed by atoms with E-state index in [1.54, 1.807) is 0 Å². The first-order chi connectivity index (χ1) is 22.1. The molecular weight excluding hydrogens is 563 g/mol. The highest BCUT2D eigenvalue weighted by molar-refractivity contribution is 7.26. The van der Waals surface area contributed by atoms with Crippen LogP contribution in [0.15, 0.2) is 152 Å². The molecule has 0 N–H and O–H groups in total. The Kier molecular flexibility index (Phi) is 5.78. The Labute approximate surface area is 267 Å². The average molecular weight is 594 g/mol. The summed E-state index contributed by atoms with van der Waals surface area (Å²) in [6.45, 7) is 4.70. The average Bonchev–Trinajstić information content (AvgIpc) is 3.59. The monoisotopic (exact) mass is 593 g/mol. The van der Waals surface area contributed by atoms with Gasteiger partial charge in [0, 0.05) is 42.5 Å². The van der Waals surface area contributed by atoms with Crippen molar-refractivity contribution in [3.05, 3.63) is 163 Å². The van der Waals surface area contributed by atoms with Crippen LogP contribution in [0.3, 0.4) is 0 Å². The first-order valence-corrected chi connectivity index (χ1v) is 16.4. The van der Waals surface area contributed by atoms with Crippen LogP contribution >= 0.6 is 11.3 Å². The number of thiophene rings is 1. The number of benzene rings is 7. The SMILES string of the molecule is CC1(C)c2ccccc2-c2c(N(c3ccccc3)c3ccc(-c4cccc5sc6c7ccccc7ccc6c45)cc3)cccc21. The van der Waals surface area contributed by atoms with Crippen molar-refractivity contribution in [1.82, 2.24) is 0 Å². The van der Waals surface area contributed by atoms with Crippen LogP contribution in [-0.2, 0) is 5.41 Å². The van der Waals surface area contributed by atoms with Crippen LogP contribution < -0.4 is 4.90 Å². The van der Waals surface area contributed by atoms with Crippen molar-refractivity contribution < 1.29 is 0 Å². The molecule has 0 radical (unpaired) electrons. The second kappa shape index (κ2) is 9.92. The molecule has 0 saturated heterocycles. The molecule has 1 aliphatic carbocycles. The van der Waals surface area contributed by atoms with Gasteiger partial charge in [-0.2, -0.15) is 0 Å². The Bertz CT molecular complexity index is 2400. The molecule has 8 aromatic rings. The summed E-state index contributed by atoms with van der Waals surface area (Å²) in [4.78, 5) is 2.42. The van der Waals surface area contributed by atoms with E-state index in [1.165, 1.54) is 70.0 Å². The molecule has 0 saturated carbocycles. The topological polar surface area (TPSA) is 3.24 Å². The number of anilines is 3. The van der Waals surface area contributed by atoms with E-state index in [0.29, 0.717) is 0 Å². The van der Waals surface area contributed by atoms with Gasteiger partial charge in [-0.15, -0.1) is 11.3 Å². The molecule has 7 aromatic carbocycles. The molecule has 214 valence electrons. The zero-order valence-corrected chi connectivity index (χ0v) is 26.1. The van der Waals surface area contributed by atoms with Crippen molar-refractivity contribution in [3.8, 4) is 22.3 Å². The Morgan fingerprint density at radius 1 is 0.511 bits per heavy atom. The number of nitrogens with zero attached hydrogens (tertiary/aromatic N) is 1.